The van der Waals surface area contributed by atoms with Gasteiger partial charge in [0.15, 0.2) is 11.6 Å². The lowest BCUT2D eigenvalue weighted by Crippen LogP contribution is -2.44. The van der Waals surface area contributed by atoms with Gasteiger partial charge in [-0.1, -0.05) is 5.92 Å². The summed E-state index contributed by atoms with van der Waals surface area (Å²) in [6.07, 6.45) is 3.61. The van der Waals surface area contributed by atoms with Crippen LogP contribution in [0.4, 0.5) is 17.3 Å². The zero-order valence-electron chi connectivity index (χ0n) is 12.8. The highest BCUT2D eigenvalue weighted by atomic mass is 35.5. The fraction of sp³-hybridized carbons (Fsp3) is 0.500. The minimum Gasteiger partial charge on any atom is -0.382 e. The molecule has 1 amide bonds. The molecule has 1 aliphatic rings. The Morgan fingerprint density at radius 1 is 1.45 bits per heavy atom. The maximum atomic E-state index is 11.3. The number of rotatable bonds is 4. The van der Waals surface area contributed by atoms with Crippen LogP contribution in [0, 0.1) is 11.8 Å². The van der Waals surface area contributed by atoms with Crippen LogP contribution >= 0.6 is 11.6 Å². The zero-order valence-corrected chi connectivity index (χ0v) is 13.6. The van der Waals surface area contributed by atoms with E-state index in [1.807, 2.05) is 0 Å². The summed E-state index contributed by atoms with van der Waals surface area (Å²) in [5, 5.41) is 3.27. The number of nitrogens with zero attached hydrogens (tertiary/aromatic N) is 4. The molecule has 3 N–H and O–H groups in total. The first-order valence-corrected chi connectivity index (χ1v) is 7.59. The minimum absolute atomic E-state index is 0.274. The number of halogens is 1. The number of amides is 1. The zero-order chi connectivity index (χ0) is 16.4. The van der Waals surface area contributed by atoms with Gasteiger partial charge in [-0.25, -0.2) is 9.97 Å². The highest BCUT2D eigenvalue weighted by Gasteiger charge is 2.21. The maximum absolute atomic E-state index is 11.3. The van der Waals surface area contributed by atoms with Crippen molar-refractivity contribution in [3.8, 4) is 11.8 Å². The number of anilines is 3. The second-order valence-electron chi connectivity index (χ2n) is 4.33. The summed E-state index contributed by atoms with van der Waals surface area (Å²) in [5.41, 5.74) is 6.47. The van der Waals surface area contributed by atoms with Gasteiger partial charge < -0.3 is 16.0 Å². The Hall–Kier alpha value is -2.04. The Labute approximate surface area is 135 Å². The summed E-state index contributed by atoms with van der Waals surface area (Å²) >= 11 is 4.64. The van der Waals surface area contributed by atoms with Gasteiger partial charge in [0.2, 0.25) is 6.41 Å². The monoisotopic (exact) mass is 324 g/mol. The smallest absolute Gasteiger partial charge is 0.215 e. The Bertz CT molecular complexity index is 536. The van der Waals surface area contributed by atoms with Gasteiger partial charge in [0.05, 0.1) is 6.54 Å². The van der Waals surface area contributed by atoms with E-state index in [4.69, 9.17) is 5.73 Å². The standard InChI is InChI=1S/C13H18N6O.CH3Cl/c1-2-3-6-19(10-20)11-12(14)16-9-17-13(11)18-7-4-15-5-8-18;1-2/h9-10,15H,4-8H2,1H3,(H2,14,16,17);1H3. The quantitative estimate of drug-likeness (QED) is 0.471. The van der Waals surface area contributed by atoms with Crippen molar-refractivity contribution in [2.45, 2.75) is 6.92 Å². The minimum atomic E-state index is 0.274. The predicted octanol–water partition coefficient (Wildman–Crippen LogP) is 0.310. The van der Waals surface area contributed by atoms with Gasteiger partial charge in [0.1, 0.15) is 12.0 Å². The number of hydrogen-bond acceptors (Lipinski definition) is 6. The molecule has 8 heteroatoms. The van der Waals surface area contributed by atoms with E-state index in [0.29, 0.717) is 23.7 Å². The van der Waals surface area contributed by atoms with Crippen molar-refractivity contribution in [3.63, 3.8) is 0 Å². The Morgan fingerprint density at radius 3 is 2.73 bits per heavy atom. The van der Waals surface area contributed by atoms with Crippen molar-refractivity contribution in [2.24, 2.45) is 0 Å². The lowest BCUT2D eigenvalue weighted by molar-refractivity contribution is -0.107. The largest absolute Gasteiger partial charge is 0.382 e. The topological polar surface area (TPSA) is 87.4 Å². The first kappa shape index (κ1) is 18.0. The summed E-state index contributed by atoms with van der Waals surface area (Å²) in [5.74, 6) is 6.60. The van der Waals surface area contributed by atoms with E-state index in [2.05, 4.69) is 43.6 Å². The summed E-state index contributed by atoms with van der Waals surface area (Å²) in [7, 11) is 0. The molecule has 7 nitrogen and oxygen atoms in total. The van der Waals surface area contributed by atoms with Crippen LogP contribution in [0.2, 0.25) is 0 Å². The molecule has 0 saturated carbocycles. The molecule has 0 bridgehead atoms. The molecule has 1 saturated heterocycles. The number of hydrogen-bond donors (Lipinski definition) is 2. The molecule has 0 spiro atoms. The Morgan fingerprint density at radius 2 is 2.14 bits per heavy atom. The maximum Gasteiger partial charge on any atom is 0.215 e. The molecule has 0 atom stereocenters. The number of piperazine rings is 1. The molecule has 2 rings (SSSR count). The third-order valence-corrected chi connectivity index (χ3v) is 3.09. The van der Waals surface area contributed by atoms with E-state index in [-0.39, 0.29) is 6.54 Å². The molecule has 1 aliphatic heterocycles. The number of carbonyl (C=O) groups is 1. The Balaban J connectivity index is 0.00000116. The molecule has 2 heterocycles. The summed E-state index contributed by atoms with van der Waals surface area (Å²) in [6.45, 7) is 5.38. The van der Waals surface area contributed by atoms with Crippen LogP contribution in [0.25, 0.3) is 0 Å². The predicted molar refractivity (Wildman–Crippen MR) is 90.2 cm³/mol. The van der Waals surface area contributed by atoms with Crippen LogP contribution in [-0.4, -0.2) is 55.5 Å². The molecule has 0 aromatic carbocycles. The van der Waals surface area contributed by atoms with E-state index < -0.39 is 0 Å². The number of carbonyl (C=O) groups excluding carboxylic acids is 1. The summed E-state index contributed by atoms with van der Waals surface area (Å²) in [6, 6.07) is 0. The Kier molecular flexibility index (Phi) is 8.04. The van der Waals surface area contributed by atoms with Crippen LogP contribution in [0.5, 0.6) is 0 Å². The van der Waals surface area contributed by atoms with Gasteiger partial charge in [0, 0.05) is 32.6 Å². The highest BCUT2D eigenvalue weighted by Crippen LogP contribution is 2.30. The van der Waals surface area contributed by atoms with E-state index in [1.54, 1.807) is 6.92 Å². The molecule has 0 radical (unpaired) electrons. The third kappa shape index (κ3) is 4.48. The molecular formula is C14H21ClN6O. The van der Waals surface area contributed by atoms with Crippen LogP contribution in [-0.2, 0) is 4.79 Å². The molecular weight excluding hydrogens is 304 g/mol. The third-order valence-electron chi connectivity index (χ3n) is 3.09. The van der Waals surface area contributed by atoms with Crippen molar-refractivity contribution in [1.82, 2.24) is 15.3 Å². The first-order chi connectivity index (χ1) is 10.8. The number of nitrogen functional groups attached to an aromatic ring is 1. The van der Waals surface area contributed by atoms with Gasteiger partial charge in [-0.15, -0.1) is 17.5 Å². The van der Waals surface area contributed by atoms with Crippen molar-refractivity contribution in [2.75, 3.05) is 54.6 Å². The van der Waals surface area contributed by atoms with E-state index in [9.17, 15) is 4.79 Å². The van der Waals surface area contributed by atoms with Crippen LogP contribution in [0.1, 0.15) is 6.92 Å². The van der Waals surface area contributed by atoms with Crippen molar-refractivity contribution >= 4 is 35.3 Å². The second-order valence-corrected chi connectivity index (χ2v) is 4.33. The van der Waals surface area contributed by atoms with E-state index >= 15 is 0 Å². The van der Waals surface area contributed by atoms with E-state index in [0.717, 1.165) is 26.2 Å². The lowest BCUT2D eigenvalue weighted by atomic mass is 10.3. The molecule has 22 heavy (non-hydrogen) atoms. The number of alkyl halides is 1. The van der Waals surface area contributed by atoms with Crippen LogP contribution < -0.4 is 20.9 Å². The molecule has 120 valence electrons. The van der Waals surface area contributed by atoms with Gasteiger partial charge in [-0.3, -0.25) is 9.69 Å². The van der Waals surface area contributed by atoms with Gasteiger partial charge >= 0.3 is 0 Å². The molecule has 0 aliphatic carbocycles. The van der Waals surface area contributed by atoms with Crippen molar-refractivity contribution < 1.29 is 4.79 Å². The van der Waals surface area contributed by atoms with Crippen molar-refractivity contribution in [1.29, 1.82) is 0 Å². The van der Waals surface area contributed by atoms with Gasteiger partial charge in [-0.05, 0) is 6.92 Å². The van der Waals surface area contributed by atoms with Crippen LogP contribution in [0.15, 0.2) is 6.33 Å². The normalized spacial score (nSPS) is 13.3. The molecule has 1 aromatic rings. The first-order valence-electron chi connectivity index (χ1n) is 6.83. The fourth-order valence-electron chi connectivity index (χ4n) is 2.10. The lowest BCUT2D eigenvalue weighted by Gasteiger charge is -2.31. The average Bonchev–Trinajstić information content (AvgIpc) is 2.59. The molecule has 0 unspecified atom stereocenters. The number of nitrogens with one attached hydrogen (secondary N) is 1. The van der Waals surface area contributed by atoms with Gasteiger partial charge in [0.25, 0.3) is 0 Å². The van der Waals surface area contributed by atoms with Crippen LogP contribution in [0.3, 0.4) is 0 Å². The molecule has 1 fully saturated rings. The SMILES string of the molecule is CC#CCN(C=O)c1c(N)ncnc1N1CCNCC1.CCl. The average molecular weight is 325 g/mol. The summed E-state index contributed by atoms with van der Waals surface area (Å²) < 4.78 is 0. The summed E-state index contributed by atoms with van der Waals surface area (Å²) in [4.78, 5) is 23.1. The second kappa shape index (κ2) is 9.82. The van der Waals surface area contributed by atoms with E-state index in [1.165, 1.54) is 17.6 Å². The number of nitrogens with two attached hydrogens (primary N) is 1. The highest BCUT2D eigenvalue weighted by molar-refractivity contribution is 6.15. The van der Waals surface area contributed by atoms with Crippen molar-refractivity contribution in [3.05, 3.63) is 6.33 Å². The number of aromatic nitrogens is 2. The molecule has 1 aromatic heterocycles. The van der Waals surface area contributed by atoms with Gasteiger partial charge in [-0.2, -0.15) is 0 Å². The fourth-order valence-corrected chi connectivity index (χ4v) is 2.10.